The van der Waals surface area contributed by atoms with Crippen LogP contribution in [0.25, 0.3) is 11.1 Å². The van der Waals surface area contributed by atoms with Gasteiger partial charge in [-0.25, -0.2) is 4.79 Å². The maximum absolute atomic E-state index is 13.6. The number of ether oxygens (including phenoxy) is 1. The average Bonchev–Trinajstić information content (AvgIpc) is 3.31. The average molecular weight is 556 g/mol. The largest absolute Gasteiger partial charge is 0.481 e. The lowest BCUT2D eigenvalue weighted by molar-refractivity contribution is -0.138. The topological polar surface area (TPSA) is 99.2 Å². The number of hydrogen-bond donors (Lipinski definition) is 2. The van der Waals surface area contributed by atoms with E-state index in [9.17, 15) is 19.5 Å². The molecule has 5 rings (SSSR count). The molecule has 0 spiro atoms. The molecule has 2 aliphatic rings. The predicted molar refractivity (Wildman–Crippen MR) is 156 cm³/mol. The molecule has 8 nitrogen and oxygen atoms in total. The van der Waals surface area contributed by atoms with Gasteiger partial charge in [0, 0.05) is 38.5 Å². The number of rotatable bonds is 10. The van der Waals surface area contributed by atoms with Gasteiger partial charge >= 0.3 is 12.1 Å². The highest BCUT2D eigenvalue weighted by Crippen LogP contribution is 2.44. The number of piperidine rings is 1. The Kier molecular flexibility index (Phi) is 8.99. The Hall–Kier alpha value is -4.17. The highest BCUT2D eigenvalue weighted by atomic mass is 16.5. The second kappa shape index (κ2) is 13.0. The van der Waals surface area contributed by atoms with Gasteiger partial charge in [-0.05, 0) is 53.6 Å². The number of amides is 2. The number of likely N-dealkylation sites (tertiary alicyclic amines) is 1. The third-order valence-electron chi connectivity index (χ3n) is 8.21. The van der Waals surface area contributed by atoms with Crippen LogP contribution in [-0.4, -0.2) is 71.7 Å². The summed E-state index contributed by atoms with van der Waals surface area (Å²) in [6, 6.07) is 25.4. The van der Waals surface area contributed by atoms with Gasteiger partial charge in [0.2, 0.25) is 5.91 Å². The van der Waals surface area contributed by atoms with Gasteiger partial charge in [0.1, 0.15) is 12.6 Å². The molecule has 214 valence electrons. The van der Waals surface area contributed by atoms with Crippen molar-refractivity contribution in [1.82, 2.24) is 15.1 Å². The first kappa shape index (κ1) is 28.4. The van der Waals surface area contributed by atoms with Crippen LogP contribution >= 0.6 is 0 Å². The van der Waals surface area contributed by atoms with Crippen LogP contribution in [0, 0.1) is 0 Å². The Morgan fingerprint density at radius 3 is 2.27 bits per heavy atom. The van der Waals surface area contributed by atoms with E-state index in [-0.39, 0.29) is 37.3 Å². The van der Waals surface area contributed by atoms with E-state index in [0.717, 1.165) is 48.2 Å². The summed E-state index contributed by atoms with van der Waals surface area (Å²) < 4.78 is 5.66. The fourth-order valence-electron chi connectivity index (χ4n) is 6.07. The zero-order valence-electron chi connectivity index (χ0n) is 23.4. The molecule has 0 radical (unpaired) electrons. The zero-order valence-corrected chi connectivity index (χ0v) is 23.4. The van der Waals surface area contributed by atoms with E-state index in [1.54, 1.807) is 11.9 Å². The van der Waals surface area contributed by atoms with Gasteiger partial charge < -0.3 is 20.1 Å². The summed E-state index contributed by atoms with van der Waals surface area (Å²) in [6.45, 7) is 2.59. The molecule has 1 heterocycles. The van der Waals surface area contributed by atoms with Gasteiger partial charge in [0.15, 0.2) is 0 Å². The smallest absolute Gasteiger partial charge is 0.407 e. The molecule has 41 heavy (non-hydrogen) atoms. The van der Waals surface area contributed by atoms with Crippen molar-refractivity contribution < 1.29 is 24.2 Å². The molecule has 0 bridgehead atoms. The van der Waals surface area contributed by atoms with Crippen LogP contribution in [0.3, 0.4) is 0 Å². The van der Waals surface area contributed by atoms with Crippen LogP contribution in [0.15, 0.2) is 78.9 Å². The van der Waals surface area contributed by atoms with Gasteiger partial charge in [-0.2, -0.15) is 0 Å². The van der Waals surface area contributed by atoms with Gasteiger partial charge in [-0.15, -0.1) is 0 Å². The Morgan fingerprint density at radius 1 is 0.976 bits per heavy atom. The molecule has 8 heteroatoms. The van der Waals surface area contributed by atoms with Crippen LogP contribution in [0.1, 0.15) is 48.3 Å². The van der Waals surface area contributed by atoms with E-state index >= 15 is 0 Å². The molecule has 1 aliphatic carbocycles. The number of carboxylic acids is 1. The zero-order chi connectivity index (χ0) is 28.8. The van der Waals surface area contributed by atoms with Crippen molar-refractivity contribution in [3.63, 3.8) is 0 Å². The fourth-order valence-corrected chi connectivity index (χ4v) is 6.07. The van der Waals surface area contributed by atoms with Crippen molar-refractivity contribution >= 4 is 18.0 Å². The maximum atomic E-state index is 13.6. The van der Waals surface area contributed by atoms with Crippen LogP contribution in [0.4, 0.5) is 4.79 Å². The number of aliphatic carboxylic acids is 1. The third kappa shape index (κ3) is 6.77. The minimum Gasteiger partial charge on any atom is -0.481 e. The molecule has 1 aliphatic heterocycles. The Balaban J connectivity index is 1.22. The van der Waals surface area contributed by atoms with Crippen LogP contribution in [0.5, 0.6) is 0 Å². The van der Waals surface area contributed by atoms with E-state index in [2.05, 4.69) is 34.5 Å². The molecule has 1 fully saturated rings. The number of fused-ring (bicyclic) bond motifs is 3. The summed E-state index contributed by atoms with van der Waals surface area (Å²) >= 11 is 0. The quantitative estimate of drug-likeness (QED) is 0.370. The number of likely N-dealkylation sites (N-methyl/N-ethyl adjacent to an activating group) is 1. The van der Waals surface area contributed by atoms with Crippen molar-refractivity contribution in [1.29, 1.82) is 0 Å². The molecule has 0 saturated carbocycles. The highest BCUT2D eigenvalue weighted by Gasteiger charge is 2.33. The lowest BCUT2D eigenvalue weighted by Crippen LogP contribution is -2.54. The van der Waals surface area contributed by atoms with E-state index < -0.39 is 18.1 Å². The highest BCUT2D eigenvalue weighted by molar-refractivity contribution is 5.86. The number of nitrogens with zero attached hydrogens (tertiary/aromatic N) is 2. The van der Waals surface area contributed by atoms with Gasteiger partial charge in [-0.1, -0.05) is 78.9 Å². The van der Waals surface area contributed by atoms with Gasteiger partial charge in [0.05, 0.1) is 0 Å². The normalized spacial score (nSPS) is 17.2. The second-order valence-corrected chi connectivity index (χ2v) is 10.9. The van der Waals surface area contributed by atoms with E-state index in [0.29, 0.717) is 6.54 Å². The van der Waals surface area contributed by atoms with Crippen molar-refractivity contribution in [2.45, 2.75) is 50.2 Å². The predicted octanol–water partition coefficient (Wildman–Crippen LogP) is 4.88. The maximum Gasteiger partial charge on any atom is 0.407 e. The standard InChI is InChI=1S/C33H37N3O5/c1-35(24-12-9-19-36(21-24)20-23-10-3-2-4-11-23)32(39)30(17-18-31(37)38)34-33(40)41-22-29-27-15-7-5-13-25(27)26-14-6-8-16-28(26)29/h2-8,10-11,13-16,24,29-30H,9,12,17-22H2,1H3,(H,34,40)(H,37,38). The molecule has 2 amide bonds. The molecule has 2 atom stereocenters. The van der Waals surface area contributed by atoms with E-state index in [4.69, 9.17) is 4.74 Å². The monoisotopic (exact) mass is 555 g/mol. The Bertz CT molecular complexity index is 1330. The molecule has 1 saturated heterocycles. The molecule has 0 aromatic heterocycles. The van der Waals surface area contributed by atoms with E-state index in [1.807, 2.05) is 54.6 Å². The number of hydrogen-bond acceptors (Lipinski definition) is 5. The van der Waals surface area contributed by atoms with Gasteiger partial charge in [-0.3, -0.25) is 14.5 Å². The fraction of sp³-hybridized carbons (Fsp3) is 0.364. The molecular weight excluding hydrogens is 518 g/mol. The van der Waals surface area contributed by atoms with Crippen molar-refractivity contribution in [2.24, 2.45) is 0 Å². The summed E-state index contributed by atoms with van der Waals surface area (Å²) in [6.07, 6.45) is 0.832. The van der Waals surface area contributed by atoms with Crippen molar-refractivity contribution in [3.8, 4) is 11.1 Å². The lowest BCUT2D eigenvalue weighted by Gasteiger charge is -2.39. The molecule has 3 aromatic carbocycles. The number of carbonyl (C=O) groups excluding carboxylic acids is 2. The second-order valence-electron chi connectivity index (χ2n) is 10.9. The SMILES string of the molecule is CN(C(=O)C(CCC(=O)O)NC(=O)OCC1c2ccccc2-c2ccccc21)C1CCCN(Cc2ccccc2)C1. The number of carbonyl (C=O) groups is 3. The van der Waals surface area contributed by atoms with Crippen LogP contribution in [-0.2, 0) is 20.9 Å². The van der Waals surface area contributed by atoms with Crippen molar-refractivity contribution in [2.75, 3.05) is 26.7 Å². The first-order valence-electron chi connectivity index (χ1n) is 14.3. The van der Waals surface area contributed by atoms with Crippen LogP contribution in [0.2, 0.25) is 0 Å². The third-order valence-corrected chi connectivity index (χ3v) is 8.21. The van der Waals surface area contributed by atoms with E-state index in [1.165, 1.54) is 5.56 Å². The summed E-state index contributed by atoms with van der Waals surface area (Å²) in [4.78, 5) is 41.9. The summed E-state index contributed by atoms with van der Waals surface area (Å²) in [5.74, 6) is -1.43. The number of benzene rings is 3. The molecule has 3 aromatic rings. The lowest BCUT2D eigenvalue weighted by atomic mass is 9.98. The molecule has 2 N–H and O–H groups in total. The van der Waals surface area contributed by atoms with Crippen LogP contribution < -0.4 is 5.32 Å². The molecule has 2 unspecified atom stereocenters. The number of carboxylic acid groups (broad SMARTS) is 1. The Labute approximate surface area is 240 Å². The number of alkyl carbamates (subject to hydrolysis) is 1. The first-order chi connectivity index (χ1) is 19.9. The Morgan fingerprint density at radius 2 is 1.61 bits per heavy atom. The molecular formula is C33H37N3O5. The number of nitrogens with one attached hydrogen (secondary N) is 1. The van der Waals surface area contributed by atoms with Crippen molar-refractivity contribution in [3.05, 3.63) is 95.6 Å². The first-order valence-corrected chi connectivity index (χ1v) is 14.3. The minimum atomic E-state index is -1.02. The summed E-state index contributed by atoms with van der Waals surface area (Å²) in [5.41, 5.74) is 5.66. The minimum absolute atomic E-state index is 0.0108. The summed E-state index contributed by atoms with van der Waals surface area (Å²) in [7, 11) is 1.74. The van der Waals surface area contributed by atoms with Gasteiger partial charge in [0.25, 0.3) is 0 Å². The summed E-state index contributed by atoms with van der Waals surface area (Å²) in [5, 5.41) is 12.0.